The molecule has 1 aromatic rings. The number of carbonyl (C=O) groups excluding carboxylic acids is 1. The minimum atomic E-state index is -0.627. The van der Waals surface area contributed by atoms with Crippen LogP contribution in [0.2, 0.25) is 0 Å². The number of hydrogen-bond acceptors (Lipinski definition) is 4. The third kappa shape index (κ3) is 2.80. The smallest absolute Gasteiger partial charge is 0.306 e. The number of rotatable bonds is 3. The summed E-state index contributed by atoms with van der Waals surface area (Å²) in [6.07, 6.45) is 1.11. The van der Waals surface area contributed by atoms with E-state index >= 15 is 0 Å². The Labute approximate surface area is 120 Å². The lowest BCUT2D eigenvalue weighted by Crippen LogP contribution is -2.50. The Morgan fingerprint density at radius 2 is 2.30 bits per heavy atom. The Kier molecular flexibility index (Phi) is 4.33. The van der Waals surface area contributed by atoms with Crippen molar-refractivity contribution in [3.8, 4) is 5.75 Å². The summed E-state index contributed by atoms with van der Waals surface area (Å²) in [5.41, 5.74) is 0.262. The van der Waals surface area contributed by atoms with Gasteiger partial charge in [-0.25, -0.2) is 0 Å². The summed E-state index contributed by atoms with van der Waals surface area (Å²) in [7, 11) is 2.07. The fraction of sp³-hybridized carbons (Fsp3) is 0.562. The molecule has 1 heterocycles. The lowest BCUT2D eigenvalue weighted by atomic mass is 9.76. The number of esters is 1. The molecule has 2 rings (SSSR count). The Hall–Kier alpha value is -1.55. The van der Waals surface area contributed by atoms with E-state index in [0.29, 0.717) is 6.42 Å². The Balaban J connectivity index is 2.40. The molecule has 0 spiro atoms. The summed E-state index contributed by atoms with van der Waals surface area (Å²) in [5, 5.41) is 9.74. The van der Waals surface area contributed by atoms with E-state index in [2.05, 4.69) is 18.9 Å². The van der Waals surface area contributed by atoms with Gasteiger partial charge in [-0.15, -0.1) is 0 Å². The maximum absolute atomic E-state index is 11.9. The monoisotopic (exact) mass is 277 g/mol. The van der Waals surface area contributed by atoms with E-state index in [1.165, 1.54) is 0 Å². The van der Waals surface area contributed by atoms with Gasteiger partial charge in [0.25, 0.3) is 0 Å². The molecule has 1 aliphatic heterocycles. The molecule has 4 heteroatoms. The average molecular weight is 277 g/mol. The van der Waals surface area contributed by atoms with Gasteiger partial charge >= 0.3 is 5.97 Å². The molecular formula is C16H23NO3. The normalized spacial score (nSPS) is 27.2. The number of benzene rings is 1. The zero-order valence-corrected chi connectivity index (χ0v) is 12.4. The molecule has 1 saturated heterocycles. The molecule has 2 atom stereocenters. The molecule has 0 unspecified atom stereocenters. The minimum absolute atomic E-state index is 0.179. The van der Waals surface area contributed by atoms with Crippen molar-refractivity contribution in [1.82, 2.24) is 4.90 Å². The Morgan fingerprint density at radius 3 is 2.90 bits per heavy atom. The number of carbonyl (C=O) groups is 1. The average Bonchev–Trinajstić information content (AvgIpc) is 2.42. The molecule has 0 bridgehead atoms. The van der Waals surface area contributed by atoms with E-state index in [-0.39, 0.29) is 17.6 Å². The first-order valence-corrected chi connectivity index (χ1v) is 7.18. The Bertz CT molecular complexity index is 488. The summed E-state index contributed by atoms with van der Waals surface area (Å²) in [5.74, 6) is 0.198. The van der Waals surface area contributed by atoms with Crippen molar-refractivity contribution in [2.45, 2.75) is 32.3 Å². The van der Waals surface area contributed by atoms with Crippen LogP contribution in [0, 0.1) is 5.92 Å². The van der Waals surface area contributed by atoms with E-state index in [1.807, 2.05) is 6.07 Å². The van der Waals surface area contributed by atoms with Crippen LogP contribution < -0.4 is 0 Å². The first-order valence-electron chi connectivity index (χ1n) is 7.18. The number of likely N-dealkylation sites (tertiary alicyclic amines) is 1. The lowest BCUT2D eigenvalue weighted by Gasteiger charge is -2.45. The first kappa shape index (κ1) is 14.9. The molecule has 1 aromatic carbocycles. The summed E-state index contributed by atoms with van der Waals surface area (Å²) in [6, 6.07) is 7.09. The minimum Gasteiger partial charge on any atom is -0.508 e. The van der Waals surface area contributed by atoms with Gasteiger partial charge < -0.3 is 14.7 Å². The van der Waals surface area contributed by atoms with Gasteiger partial charge in [-0.3, -0.25) is 4.79 Å². The molecule has 0 radical (unpaired) electrons. The largest absolute Gasteiger partial charge is 0.508 e. The third-order valence-electron chi connectivity index (χ3n) is 4.17. The first-order chi connectivity index (χ1) is 9.48. The summed E-state index contributed by atoms with van der Waals surface area (Å²) in [6.45, 7) is 5.64. The van der Waals surface area contributed by atoms with Gasteiger partial charge in [0.05, 0.1) is 0 Å². The van der Waals surface area contributed by atoms with Crippen LogP contribution in [0.3, 0.4) is 0 Å². The topological polar surface area (TPSA) is 49.8 Å². The SMILES string of the molecule is CCC(=O)O[C@@]1(c2cccc(O)c2)CCN(C)C[C@H]1C. The molecule has 0 aromatic heterocycles. The van der Waals surface area contributed by atoms with Crippen molar-refractivity contribution < 1.29 is 14.6 Å². The molecule has 1 aliphatic rings. The van der Waals surface area contributed by atoms with Crippen molar-refractivity contribution in [1.29, 1.82) is 0 Å². The van der Waals surface area contributed by atoms with Crippen molar-refractivity contribution in [2.75, 3.05) is 20.1 Å². The summed E-state index contributed by atoms with van der Waals surface area (Å²) < 4.78 is 5.85. The van der Waals surface area contributed by atoms with Gasteiger partial charge in [0, 0.05) is 31.8 Å². The number of nitrogens with zero attached hydrogens (tertiary/aromatic N) is 1. The third-order valence-corrected chi connectivity index (χ3v) is 4.17. The van der Waals surface area contributed by atoms with Crippen LogP contribution in [0.5, 0.6) is 5.75 Å². The van der Waals surface area contributed by atoms with Crippen molar-refractivity contribution in [3.05, 3.63) is 29.8 Å². The van der Waals surface area contributed by atoms with E-state index in [9.17, 15) is 9.90 Å². The highest BCUT2D eigenvalue weighted by Gasteiger charge is 2.44. The van der Waals surface area contributed by atoms with E-state index in [4.69, 9.17) is 4.74 Å². The molecular weight excluding hydrogens is 254 g/mol. The van der Waals surface area contributed by atoms with Crippen LogP contribution in [0.4, 0.5) is 0 Å². The molecule has 0 amide bonds. The second kappa shape index (κ2) is 5.83. The van der Waals surface area contributed by atoms with Gasteiger partial charge in [-0.2, -0.15) is 0 Å². The molecule has 1 fully saturated rings. The fourth-order valence-electron chi connectivity index (χ4n) is 2.99. The number of hydrogen-bond donors (Lipinski definition) is 1. The quantitative estimate of drug-likeness (QED) is 0.863. The molecule has 0 aliphatic carbocycles. The predicted molar refractivity (Wildman–Crippen MR) is 77.4 cm³/mol. The number of aromatic hydroxyl groups is 1. The van der Waals surface area contributed by atoms with Crippen LogP contribution in [0.25, 0.3) is 0 Å². The number of ether oxygens (including phenoxy) is 1. The summed E-state index contributed by atoms with van der Waals surface area (Å²) in [4.78, 5) is 14.1. The molecule has 20 heavy (non-hydrogen) atoms. The van der Waals surface area contributed by atoms with E-state index < -0.39 is 5.60 Å². The molecule has 110 valence electrons. The van der Waals surface area contributed by atoms with Crippen LogP contribution >= 0.6 is 0 Å². The zero-order valence-electron chi connectivity index (χ0n) is 12.4. The standard InChI is InChI=1S/C16H23NO3/c1-4-15(19)20-16(8-9-17(3)11-12(16)2)13-6-5-7-14(18)10-13/h5-7,10,12,18H,4,8-9,11H2,1-3H3/t12-,16+/m1/s1. The fourth-order valence-corrected chi connectivity index (χ4v) is 2.99. The zero-order chi connectivity index (χ0) is 14.8. The molecule has 1 N–H and O–H groups in total. The highest BCUT2D eigenvalue weighted by molar-refractivity contribution is 5.69. The van der Waals surface area contributed by atoms with Crippen LogP contribution in [0.1, 0.15) is 32.3 Å². The van der Waals surface area contributed by atoms with Gasteiger partial charge in [0.15, 0.2) is 0 Å². The number of phenolic OH excluding ortho intramolecular Hbond substituents is 1. The predicted octanol–water partition coefficient (Wildman–Crippen LogP) is 2.51. The van der Waals surface area contributed by atoms with Crippen LogP contribution in [0.15, 0.2) is 24.3 Å². The van der Waals surface area contributed by atoms with Crippen molar-refractivity contribution in [2.24, 2.45) is 5.92 Å². The highest BCUT2D eigenvalue weighted by atomic mass is 16.6. The van der Waals surface area contributed by atoms with Crippen LogP contribution in [-0.4, -0.2) is 36.1 Å². The maximum Gasteiger partial charge on any atom is 0.306 e. The number of piperidine rings is 1. The van der Waals surface area contributed by atoms with Gasteiger partial charge in [0.1, 0.15) is 11.4 Å². The lowest BCUT2D eigenvalue weighted by molar-refractivity contribution is -0.174. The van der Waals surface area contributed by atoms with Gasteiger partial charge in [-0.05, 0) is 24.7 Å². The second-order valence-corrected chi connectivity index (χ2v) is 5.68. The van der Waals surface area contributed by atoms with Gasteiger partial charge in [0.2, 0.25) is 0 Å². The van der Waals surface area contributed by atoms with E-state index in [0.717, 1.165) is 25.1 Å². The summed E-state index contributed by atoms with van der Waals surface area (Å²) >= 11 is 0. The van der Waals surface area contributed by atoms with Crippen molar-refractivity contribution in [3.63, 3.8) is 0 Å². The van der Waals surface area contributed by atoms with Crippen molar-refractivity contribution >= 4 is 5.97 Å². The number of phenols is 1. The Morgan fingerprint density at radius 1 is 1.55 bits per heavy atom. The molecule has 4 nitrogen and oxygen atoms in total. The second-order valence-electron chi connectivity index (χ2n) is 5.68. The highest BCUT2D eigenvalue weighted by Crippen LogP contribution is 2.41. The van der Waals surface area contributed by atoms with Gasteiger partial charge in [-0.1, -0.05) is 26.0 Å². The molecule has 0 saturated carbocycles. The maximum atomic E-state index is 11.9. The van der Waals surface area contributed by atoms with E-state index in [1.54, 1.807) is 25.1 Å². The van der Waals surface area contributed by atoms with Crippen LogP contribution in [-0.2, 0) is 15.1 Å².